The molecule has 0 fully saturated rings. The van der Waals surface area contributed by atoms with Gasteiger partial charge < -0.3 is 30.3 Å². The Hall–Kier alpha value is -3.91. The summed E-state index contributed by atoms with van der Waals surface area (Å²) in [6.45, 7) is 8.08. The molecule has 5 N–H and O–H groups in total. The molecule has 0 aliphatic carbocycles. The predicted octanol–water partition coefficient (Wildman–Crippen LogP) is 5.96. The quantitative estimate of drug-likeness (QED) is 0.214. The molecule has 2 aromatic carbocycles. The number of allylic oxidation sites excluding steroid dienone is 4. The molecule has 8 heteroatoms. The summed E-state index contributed by atoms with van der Waals surface area (Å²) < 4.78 is 7.58. The average Bonchev–Trinajstić information content (AvgIpc) is 3.16. The molecule has 1 aliphatic rings. The Bertz CT molecular complexity index is 1450. The summed E-state index contributed by atoms with van der Waals surface area (Å²) in [4.78, 5) is 12.3. The zero-order valence-electron chi connectivity index (χ0n) is 22.8. The number of nitrogens with zero attached hydrogens (tertiary/aromatic N) is 1. The van der Waals surface area contributed by atoms with Gasteiger partial charge in [-0.2, -0.15) is 0 Å². The Morgan fingerprint density at radius 2 is 1.87 bits per heavy atom. The number of ether oxygens (including phenoxy) is 1. The van der Waals surface area contributed by atoms with E-state index in [-0.39, 0.29) is 34.7 Å². The second kappa shape index (κ2) is 11.1. The fraction of sp³-hybridized carbons (Fsp3) is 0.387. The predicted molar refractivity (Wildman–Crippen MR) is 150 cm³/mol. The molecule has 1 aromatic heterocycles. The highest BCUT2D eigenvalue weighted by atomic mass is 16.5. The minimum absolute atomic E-state index is 0.0979. The number of carbonyl (C=O) groups is 1. The molecule has 4 rings (SSSR count). The lowest BCUT2D eigenvalue weighted by atomic mass is 9.84. The van der Waals surface area contributed by atoms with Crippen molar-refractivity contribution in [2.24, 2.45) is 0 Å². The van der Waals surface area contributed by atoms with Gasteiger partial charge in [0.15, 0.2) is 11.9 Å². The Balaban J connectivity index is 1.68. The molecule has 1 aliphatic heterocycles. The van der Waals surface area contributed by atoms with E-state index in [1.165, 1.54) is 46.2 Å². The van der Waals surface area contributed by atoms with Crippen LogP contribution in [0.25, 0.3) is 10.8 Å². The fourth-order valence-electron chi connectivity index (χ4n) is 5.21. The SMILES string of the molecule is CC(C)=CCCC(C)=CCCC1(C)Oc2c(c(O)cc3c(O)n(C(C(=O)O)c4cccc(O)c4)cc23)CC1O. The third-order valence-electron chi connectivity index (χ3n) is 7.51. The van der Waals surface area contributed by atoms with Crippen molar-refractivity contribution in [1.82, 2.24) is 4.57 Å². The molecule has 0 radical (unpaired) electrons. The van der Waals surface area contributed by atoms with Crippen LogP contribution >= 0.6 is 0 Å². The molecule has 39 heavy (non-hydrogen) atoms. The number of fused-ring (bicyclic) bond motifs is 3. The van der Waals surface area contributed by atoms with Crippen LogP contribution in [0.4, 0.5) is 0 Å². The van der Waals surface area contributed by atoms with Crippen molar-refractivity contribution in [2.45, 2.75) is 77.5 Å². The van der Waals surface area contributed by atoms with Crippen molar-refractivity contribution in [3.8, 4) is 23.1 Å². The second-order valence-electron chi connectivity index (χ2n) is 10.9. The van der Waals surface area contributed by atoms with Gasteiger partial charge in [-0.25, -0.2) is 4.79 Å². The van der Waals surface area contributed by atoms with E-state index in [9.17, 15) is 30.3 Å². The van der Waals surface area contributed by atoms with Crippen LogP contribution in [0.2, 0.25) is 0 Å². The number of hydrogen-bond donors (Lipinski definition) is 5. The number of aliphatic hydroxyl groups is 1. The van der Waals surface area contributed by atoms with Crippen molar-refractivity contribution in [2.75, 3.05) is 0 Å². The molecule has 2 heterocycles. The van der Waals surface area contributed by atoms with E-state index in [2.05, 4.69) is 32.9 Å². The summed E-state index contributed by atoms with van der Waals surface area (Å²) in [7, 11) is 0. The van der Waals surface area contributed by atoms with Crippen LogP contribution in [0.3, 0.4) is 0 Å². The average molecular weight is 536 g/mol. The molecule has 0 saturated carbocycles. The number of aliphatic hydroxyl groups excluding tert-OH is 1. The standard InChI is InChI=1S/C31H37NO7/c1-18(2)8-5-9-19(3)10-7-13-31(4)26(35)16-23-25(34)15-22-24(28(23)39-31)17-32(29(22)36)27(30(37)38)20-11-6-12-21(33)14-20/h6,8,10-12,14-15,17,26-27,33-36H,5,7,9,13,16H2,1-4H3,(H,37,38). The van der Waals surface area contributed by atoms with E-state index in [4.69, 9.17) is 4.74 Å². The number of aliphatic carboxylic acids is 1. The molecule has 3 unspecified atom stereocenters. The second-order valence-corrected chi connectivity index (χ2v) is 10.9. The van der Waals surface area contributed by atoms with Crippen LogP contribution in [-0.2, 0) is 11.2 Å². The topological polar surface area (TPSA) is 132 Å². The van der Waals surface area contributed by atoms with Gasteiger partial charge in [-0.05, 0) is 77.1 Å². The molecule has 0 bridgehead atoms. The van der Waals surface area contributed by atoms with Gasteiger partial charge in [0, 0.05) is 23.6 Å². The van der Waals surface area contributed by atoms with Crippen molar-refractivity contribution >= 4 is 16.7 Å². The van der Waals surface area contributed by atoms with Crippen molar-refractivity contribution < 1.29 is 35.1 Å². The third-order valence-corrected chi connectivity index (χ3v) is 7.51. The van der Waals surface area contributed by atoms with Gasteiger partial charge in [-0.1, -0.05) is 35.4 Å². The number of carboxylic acids is 1. The van der Waals surface area contributed by atoms with Crippen LogP contribution in [0.5, 0.6) is 23.1 Å². The monoisotopic (exact) mass is 535 g/mol. The van der Waals surface area contributed by atoms with Gasteiger partial charge in [0.1, 0.15) is 22.8 Å². The number of hydrogen-bond acceptors (Lipinski definition) is 6. The van der Waals surface area contributed by atoms with Crippen molar-refractivity contribution in [3.05, 3.63) is 71.0 Å². The van der Waals surface area contributed by atoms with E-state index in [1.807, 2.05) is 6.92 Å². The molecular weight excluding hydrogens is 498 g/mol. The van der Waals surface area contributed by atoms with E-state index in [0.717, 1.165) is 12.8 Å². The van der Waals surface area contributed by atoms with Gasteiger partial charge in [0.05, 0.1) is 11.5 Å². The summed E-state index contributed by atoms with van der Waals surface area (Å²) in [6.07, 6.45) is 8.28. The van der Waals surface area contributed by atoms with Crippen LogP contribution < -0.4 is 4.74 Å². The number of phenols is 2. The zero-order valence-corrected chi connectivity index (χ0v) is 22.8. The van der Waals surface area contributed by atoms with Gasteiger partial charge in [-0.3, -0.25) is 4.57 Å². The first-order chi connectivity index (χ1) is 18.4. The lowest BCUT2D eigenvalue weighted by molar-refractivity contribution is -0.139. The number of aromatic hydroxyl groups is 3. The summed E-state index contributed by atoms with van der Waals surface area (Å²) in [5.74, 6) is -1.52. The first-order valence-electron chi connectivity index (χ1n) is 13.2. The number of aromatic nitrogens is 1. The Morgan fingerprint density at radius 3 is 2.54 bits per heavy atom. The van der Waals surface area contributed by atoms with E-state index in [0.29, 0.717) is 29.5 Å². The number of rotatable bonds is 9. The maximum Gasteiger partial charge on any atom is 0.331 e. The van der Waals surface area contributed by atoms with Crippen molar-refractivity contribution in [3.63, 3.8) is 0 Å². The lowest BCUT2D eigenvalue weighted by Gasteiger charge is -2.40. The lowest BCUT2D eigenvalue weighted by Crippen LogP contribution is -2.48. The normalized spacial score (nSPS) is 19.8. The molecular formula is C31H37NO7. The minimum atomic E-state index is -1.33. The van der Waals surface area contributed by atoms with Crippen LogP contribution in [0.15, 0.2) is 59.8 Å². The fourth-order valence-corrected chi connectivity index (χ4v) is 5.21. The van der Waals surface area contributed by atoms with E-state index in [1.54, 1.807) is 6.07 Å². The smallest absolute Gasteiger partial charge is 0.331 e. The summed E-state index contributed by atoms with van der Waals surface area (Å²) in [5.41, 5.74) is 2.26. The third kappa shape index (κ3) is 5.76. The first kappa shape index (κ1) is 28.1. The molecule has 3 aromatic rings. The van der Waals surface area contributed by atoms with Crippen molar-refractivity contribution in [1.29, 1.82) is 0 Å². The molecule has 3 atom stereocenters. The molecule has 0 spiro atoms. The van der Waals surface area contributed by atoms with E-state index < -0.39 is 23.7 Å². The van der Waals surface area contributed by atoms with E-state index >= 15 is 0 Å². The summed E-state index contributed by atoms with van der Waals surface area (Å²) in [5, 5.41) is 53.4. The highest BCUT2D eigenvalue weighted by Gasteiger charge is 2.42. The van der Waals surface area contributed by atoms with Crippen LogP contribution in [0, 0.1) is 0 Å². The van der Waals surface area contributed by atoms with Gasteiger partial charge in [0.2, 0.25) is 0 Å². The van der Waals surface area contributed by atoms with Crippen LogP contribution in [0.1, 0.15) is 70.5 Å². The van der Waals surface area contributed by atoms with Gasteiger partial charge in [0.25, 0.3) is 0 Å². The Labute approximate surface area is 228 Å². The molecule has 0 saturated heterocycles. The largest absolute Gasteiger partial charge is 0.508 e. The molecule has 208 valence electrons. The Morgan fingerprint density at radius 1 is 1.13 bits per heavy atom. The minimum Gasteiger partial charge on any atom is -0.508 e. The van der Waals surface area contributed by atoms with Gasteiger partial charge in [-0.15, -0.1) is 0 Å². The summed E-state index contributed by atoms with van der Waals surface area (Å²) in [6, 6.07) is 5.87. The maximum absolute atomic E-state index is 12.3. The number of carboxylic acid groups (broad SMARTS) is 1. The highest BCUT2D eigenvalue weighted by molar-refractivity contribution is 5.96. The first-order valence-corrected chi connectivity index (χ1v) is 13.2. The highest BCUT2D eigenvalue weighted by Crippen LogP contribution is 2.48. The van der Waals surface area contributed by atoms with Crippen LogP contribution in [-0.4, -0.2) is 47.8 Å². The zero-order chi connectivity index (χ0) is 28.5. The molecule has 0 amide bonds. The summed E-state index contributed by atoms with van der Waals surface area (Å²) >= 11 is 0. The Kier molecular flexibility index (Phi) is 7.97. The molecule has 8 nitrogen and oxygen atoms in total. The maximum atomic E-state index is 12.3. The van der Waals surface area contributed by atoms with Gasteiger partial charge >= 0.3 is 5.97 Å². The number of phenolic OH excluding ortho intramolecular Hbond substituents is 2. The number of benzene rings is 2.